The molecule has 0 saturated carbocycles. The van der Waals surface area contributed by atoms with Crippen molar-refractivity contribution in [3.63, 3.8) is 0 Å². The maximum atomic E-state index is 5.95. The third kappa shape index (κ3) is 1.98. The van der Waals surface area contributed by atoms with Gasteiger partial charge < -0.3 is 5.73 Å². The maximum absolute atomic E-state index is 5.95. The Balaban J connectivity index is 1.92. The summed E-state index contributed by atoms with van der Waals surface area (Å²) in [5.74, 6) is 1.43. The number of nitrogens with two attached hydrogens (primary N) is 1. The molecule has 0 unspecified atom stereocenters. The minimum atomic E-state index is 0.651. The monoisotopic (exact) mass is 226 g/mol. The van der Waals surface area contributed by atoms with Crippen LogP contribution in [0, 0.1) is 0 Å². The van der Waals surface area contributed by atoms with Gasteiger partial charge >= 0.3 is 0 Å². The predicted octanol–water partition coefficient (Wildman–Crippen LogP) is 1.53. The average Bonchev–Trinajstić information content (AvgIpc) is 2.79. The molecule has 2 N–H and O–H groups in total. The van der Waals surface area contributed by atoms with E-state index in [-0.39, 0.29) is 0 Å². The molecule has 0 radical (unpaired) electrons. The van der Waals surface area contributed by atoms with Crippen LogP contribution in [-0.4, -0.2) is 15.0 Å². The van der Waals surface area contributed by atoms with Crippen molar-refractivity contribution < 1.29 is 0 Å². The van der Waals surface area contributed by atoms with Crippen LogP contribution in [0.3, 0.4) is 0 Å². The van der Waals surface area contributed by atoms with Gasteiger partial charge in [0, 0.05) is 23.1 Å². The Kier molecular flexibility index (Phi) is 2.48. The number of fused-ring (bicyclic) bond motifs is 1. The highest BCUT2D eigenvalue weighted by Crippen LogP contribution is 2.24. The molecule has 2 heterocycles. The third-order valence-electron chi connectivity index (χ3n) is 3.08. The molecule has 17 heavy (non-hydrogen) atoms. The molecule has 1 aliphatic rings. The van der Waals surface area contributed by atoms with Gasteiger partial charge in [0.2, 0.25) is 0 Å². The van der Waals surface area contributed by atoms with E-state index in [2.05, 4.69) is 15.0 Å². The molecule has 86 valence electrons. The molecule has 4 nitrogen and oxygen atoms in total. The van der Waals surface area contributed by atoms with Crippen LogP contribution < -0.4 is 5.73 Å². The van der Waals surface area contributed by atoms with E-state index >= 15 is 0 Å². The van der Waals surface area contributed by atoms with Crippen molar-refractivity contribution in [3.8, 4) is 0 Å². The highest BCUT2D eigenvalue weighted by atomic mass is 15.0. The number of pyridine rings is 1. The van der Waals surface area contributed by atoms with Gasteiger partial charge in [-0.3, -0.25) is 4.98 Å². The summed E-state index contributed by atoms with van der Waals surface area (Å²) in [6.45, 7) is 0. The van der Waals surface area contributed by atoms with E-state index in [0.717, 1.165) is 42.0 Å². The van der Waals surface area contributed by atoms with Gasteiger partial charge in [-0.15, -0.1) is 0 Å². The van der Waals surface area contributed by atoms with Crippen LogP contribution in [0.15, 0.2) is 24.4 Å². The second-order valence-electron chi connectivity index (χ2n) is 4.30. The maximum Gasteiger partial charge on any atom is 0.136 e. The lowest BCUT2D eigenvalue weighted by Crippen LogP contribution is -2.06. The largest absolute Gasteiger partial charge is 0.383 e. The molecule has 0 aliphatic heterocycles. The smallest absolute Gasteiger partial charge is 0.136 e. The summed E-state index contributed by atoms with van der Waals surface area (Å²) in [7, 11) is 0. The second kappa shape index (κ2) is 4.13. The number of aryl methyl sites for hydroxylation is 1. The standard InChI is InChI=1S/C13H14N4/c14-13-10-5-3-6-11(10)16-12(17-13)8-9-4-1-2-7-15-9/h1-2,4,7H,3,5-6,8H2,(H2,14,16,17). The lowest BCUT2D eigenvalue weighted by molar-refractivity contribution is 0.879. The van der Waals surface area contributed by atoms with Crippen LogP contribution in [0.2, 0.25) is 0 Å². The fourth-order valence-electron chi connectivity index (χ4n) is 2.26. The third-order valence-corrected chi connectivity index (χ3v) is 3.08. The minimum absolute atomic E-state index is 0.651. The summed E-state index contributed by atoms with van der Waals surface area (Å²) < 4.78 is 0. The lowest BCUT2D eigenvalue weighted by Gasteiger charge is -2.06. The van der Waals surface area contributed by atoms with Gasteiger partial charge in [-0.2, -0.15) is 0 Å². The molecule has 0 amide bonds. The topological polar surface area (TPSA) is 64.7 Å². The Hall–Kier alpha value is -1.97. The quantitative estimate of drug-likeness (QED) is 0.843. The van der Waals surface area contributed by atoms with Crippen LogP contribution in [0.1, 0.15) is 29.2 Å². The van der Waals surface area contributed by atoms with Crippen molar-refractivity contribution in [1.82, 2.24) is 15.0 Å². The molecule has 1 aliphatic carbocycles. The normalized spacial score (nSPS) is 13.6. The van der Waals surface area contributed by atoms with Gasteiger partial charge in [0.1, 0.15) is 11.6 Å². The first-order valence-corrected chi connectivity index (χ1v) is 5.87. The fraction of sp³-hybridized carbons (Fsp3) is 0.308. The van der Waals surface area contributed by atoms with Crippen molar-refractivity contribution in [1.29, 1.82) is 0 Å². The fourth-order valence-corrected chi connectivity index (χ4v) is 2.26. The van der Waals surface area contributed by atoms with Gasteiger partial charge in [0.05, 0.1) is 6.42 Å². The van der Waals surface area contributed by atoms with Crippen molar-refractivity contribution in [2.24, 2.45) is 0 Å². The Morgan fingerprint density at radius 3 is 2.94 bits per heavy atom. The Bertz CT molecular complexity index is 537. The number of hydrogen-bond acceptors (Lipinski definition) is 4. The molecule has 2 aromatic heterocycles. The Morgan fingerprint density at radius 2 is 2.12 bits per heavy atom. The van der Waals surface area contributed by atoms with Crippen molar-refractivity contribution in [2.45, 2.75) is 25.7 Å². The lowest BCUT2D eigenvalue weighted by atomic mass is 10.2. The van der Waals surface area contributed by atoms with Crippen LogP contribution in [0.4, 0.5) is 5.82 Å². The molecule has 0 bridgehead atoms. The zero-order valence-corrected chi connectivity index (χ0v) is 9.56. The molecule has 2 aromatic rings. The molecule has 0 fully saturated rings. The number of nitrogen functional groups attached to an aromatic ring is 1. The molecule has 4 heteroatoms. The van der Waals surface area contributed by atoms with E-state index in [9.17, 15) is 0 Å². The van der Waals surface area contributed by atoms with E-state index in [1.54, 1.807) is 6.20 Å². The molecule has 3 rings (SSSR count). The molecule has 0 spiro atoms. The molecular weight excluding hydrogens is 212 g/mol. The van der Waals surface area contributed by atoms with Crippen molar-refractivity contribution in [3.05, 3.63) is 47.2 Å². The molecule has 0 saturated heterocycles. The van der Waals surface area contributed by atoms with Crippen LogP contribution in [-0.2, 0) is 19.3 Å². The van der Waals surface area contributed by atoms with Gasteiger partial charge in [-0.1, -0.05) is 6.07 Å². The highest BCUT2D eigenvalue weighted by molar-refractivity contribution is 5.44. The Labute approximate surface area is 99.9 Å². The summed E-state index contributed by atoms with van der Waals surface area (Å²) in [6, 6.07) is 5.85. The summed E-state index contributed by atoms with van der Waals surface area (Å²) >= 11 is 0. The number of nitrogens with zero attached hydrogens (tertiary/aromatic N) is 3. The number of anilines is 1. The summed E-state index contributed by atoms with van der Waals surface area (Å²) in [4.78, 5) is 13.2. The average molecular weight is 226 g/mol. The predicted molar refractivity (Wildman–Crippen MR) is 65.5 cm³/mol. The second-order valence-corrected chi connectivity index (χ2v) is 4.30. The first-order valence-electron chi connectivity index (χ1n) is 5.87. The number of aromatic nitrogens is 3. The Morgan fingerprint density at radius 1 is 1.18 bits per heavy atom. The SMILES string of the molecule is Nc1nc(Cc2ccccn2)nc2c1CCC2. The van der Waals surface area contributed by atoms with E-state index in [4.69, 9.17) is 5.73 Å². The summed E-state index contributed by atoms with van der Waals surface area (Å²) in [5, 5.41) is 0. The zero-order valence-electron chi connectivity index (χ0n) is 9.56. The van der Waals surface area contributed by atoms with Crippen LogP contribution in [0.5, 0.6) is 0 Å². The summed E-state index contributed by atoms with van der Waals surface area (Å²) in [6.07, 6.45) is 5.62. The van der Waals surface area contributed by atoms with Gasteiger partial charge in [0.25, 0.3) is 0 Å². The van der Waals surface area contributed by atoms with E-state index in [1.807, 2.05) is 18.2 Å². The summed E-state index contributed by atoms with van der Waals surface area (Å²) in [5.41, 5.74) is 9.21. The van der Waals surface area contributed by atoms with Gasteiger partial charge in [0.15, 0.2) is 0 Å². The first-order chi connectivity index (χ1) is 8.33. The number of rotatable bonds is 2. The van der Waals surface area contributed by atoms with Crippen LogP contribution in [0.25, 0.3) is 0 Å². The van der Waals surface area contributed by atoms with Crippen molar-refractivity contribution >= 4 is 5.82 Å². The van der Waals surface area contributed by atoms with Crippen molar-refractivity contribution in [2.75, 3.05) is 5.73 Å². The first kappa shape index (κ1) is 10.2. The van der Waals surface area contributed by atoms with E-state index in [1.165, 1.54) is 0 Å². The highest BCUT2D eigenvalue weighted by Gasteiger charge is 2.17. The zero-order chi connectivity index (χ0) is 11.7. The van der Waals surface area contributed by atoms with Crippen LogP contribution >= 0.6 is 0 Å². The molecule has 0 atom stereocenters. The molecule has 0 aromatic carbocycles. The van der Waals surface area contributed by atoms with Gasteiger partial charge in [-0.25, -0.2) is 9.97 Å². The van der Waals surface area contributed by atoms with E-state index < -0.39 is 0 Å². The molecular formula is C13H14N4. The van der Waals surface area contributed by atoms with E-state index in [0.29, 0.717) is 12.2 Å². The van der Waals surface area contributed by atoms with Gasteiger partial charge in [-0.05, 0) is 31.4 Å². The minimum Gasteiger partial charge on any atom is -0.383 e. The number of hydrogen-bond donors (Lipinski definition) is 1.